The second kappa shape index (κ2) is 5.53. The molecule has 0 aromatic heterocycles. The number of nitrogens with zero attached hydrogens (tertiary/aromatic N) is 2. The van der Waals surface area contributed by atoms with Crippen LogP contribution in [0, 0.1) is 0 Å². The van der Waals surface area contributed by atoms with E-state index in [2.05, 4.69) is 0 Å². The molecule has 2 N–H and O–H groups in total. The number of nitrogen functional groups attached to an aromatic ring is 1. The van der Waals surface area contributed by atoms with Gasteiger partial charge >= 0.3 is 0 Å². The van der Waals surface area contributed by atoms with Gasteiger partial charge in [-0.3, -0.25) is 9.59 Å². The van der Waals surface area contributed by atoms with Gasteiger partial charge in [-0.15, -0.1) is 0 Å². The number of nitrogens with two attached hydrogens (primary N) is 1. The van der Waals surface area contributed by atoms with E-state index < -0.39 is 0 Å². The first-order valence-corrected chi connectivity index (χ1v) is 5.64. The minimum atomic E-state index is -0.0818. The van der Waals surface area contributed by atoms with E-state index in [4.69, 9.17) is 5.73 Å². The molecule has 98 valence electrons. The maximum atomic E-state index is 11.6. The summed E-state index contributed by atoms with van der Waals surface area (Å²) < 4.78 is 0. The van der Waals surface area contributed by atoms with E-state index in [1.807, 2.05) is 0 Å². The van der Waals surface area contributed by atoms with Gasteiger partial charge in [-0.1, -0.05) is 0 Å². The molecule has 0 fully saturated rings. The summed E-state index contributed by atoms with van der Waals surface area (Å²) in [6.45, 7) is 1.73. The van der Waals surface area contributed by atoms with Gasteiger partial charge in [-0.25, -0.2) is 0 Å². The van der Waals surface area contributed by atoms with Crippen LogP contribution in [0.3, 0.4) is 0 Å². The Bertz CT molecular complexity index is 469. The molecule has 0 atom stereocenters. The van der Waals surface area contributed by atoms with Crippen molar-refractivity contribution < 1.29 is 9.59 Å². The smallest absolute Gasteiger partial charge is 0.241 e. The van der Waals surface area contributed by atoms with Crippen molar-refractivity contribution in [1.82, 2.24) is 4.90 Å². The van der Waals surface area contributed by atoms with E-state index >= 15 is 0 Å². The molecule has 0 aliphatic heterocycles. The highest BCUT2D eigenvalue weighted by molar-refractivity contribution is 6.00. The molecule has 0 bridgehead atoms. The van der Waals surface area contributed by atoms with Gasteiger partial charge in [-0.2, -0.15) is 0 Å². The van der Waals surface area contributed by atoms with Gasteiger partial charge in [0.25, 0.3) is 0 Å². The summed E-state index contributed by atoms with van der Waals surface area (Å²) in [6.07, 6.45) is 0. The lowest BCUT2D eigenvalue weighted by molar-refractivity contribution is -0.127. The summed E-state index contributed by atoms with van der Waals surface area (Å²) in [4.78, 5) is 26.3. The summed E-state index contributed by atoms with van der Waals surface area (Å²) in [6, 6.07) is 5.19. The van der Waals surface area contributed by atoms with Crippen LogP contribution in [0.4, 0.5) is 11.4 Å². The number of rotatable bonds is 4. The average molecular weight is 249 g/mol. The highest BCUT2D eigenvalue weighted by Crippen LogP contribution is 2.20. The first-order chi connectivity index (χ1) is 8.32. The molecular formula is C13H19N3O2. The number of anilines is 2. The Morgan fingerprint density at radius 3 is 2.33 bits per heavy atom. The van der Waals surface area contributed by atoms with Crippen molar-refractivity contribution in [3.63, 3.8) is 0 Å². The molecular weight excluding hydrogens is 230 g/mol. The monoisotopic (exact) mass is 249 g/mol. The average Bonchev–Trinajstić information content (AvgIpc) is 2.28. The zero-order valence-corrected chi connectivity index (χ0v) is 11.2. The summed E-state index contributed by atoms with van der Waals surface area (Å²) in [7, 11) is 5.22. The molecule has 0 spiro atoms. The quantitative estimate of drug-likeness (QED) is 0.638. The molecule has 0 radical (unpaired) electrons. The second-order valence-electron chi connectivity index (χ2n) is 4.47. The minimum Gasteiger partial charge on any atom is -0.398 e. The molecule has 18 heavy (non-hydrogen) atoms. The van der Waals surface area contributed by atoms with E-state index in [1.54, 1.807) is 44.2 Å². The maximum absolute atomic E-state index is 11.6. The van der Waals surface area contributed by atoms with E-state index in [9.17, 15) is 9.59 Å². The molecule has 1 aromatic carbocycles. The van der Waals surface area contributed by atoms with Crippen molar-refractivity contribution in [3.8, 4) is 0 Å². The van der Waals surface area contributed by atoms with Crippen LogP contribution in [0.1, 0.15) is 17.3 Å². The van der Waals surface area contributed by atoms with Crippen LogP contribution in [-0.4, -0.2) is 44.3 Å². The van der Waals surface area contributed by atoms with E-state index in [0.29, 0.717) is 11.3 Å². The standard InChI is InChI=1S/C13H19N3O2/c1-9(17)11-7-10(5-6-12(11)14)16(4)8-13(18)15(2)3/h5-7H,8,14H2,1-4H3. The third kappa shape index (κ3) is 3.23. The predicted molar refractivity (Wildman–Crippen MR) is 72.8 cm³/mol. The van der Waals surface area contributed by atoms with Crippen LogP contribution in [0.5, 0.6) is 0 Å². The van der Waals surface area contributed by atoms with Gasteiger partial charge in [0.1, 0.15) is 0 Å². The fraction of sp³-hybridized carbons (Fsp3) is 0.385. The lowest BCUT2D eigenvalue weighted by atomic mass is 10.1. The predicted octanol–water partition coefficient (Wildman–Crippen LogP) is 0.996. The van der Waals surface area contributed by atoms with Crippen molar-refractivity contribution in [1.29, 1.82) is 0 Å². The Kier molecular flexibility index (Phi) is 4.31. The lowest BCUT2D eigenvalue weighted by Gasteiger charge is -2.21. The number of ketones is 1. The highest BCUT2D eigenvalue weighted by Gasteiger charge is 2.12. The molecule has 0 heterocycles. The highest BCUT2D eigenvalue weighted by atomic mass is 16.2. The van der Waals surface area contributed by atoms with Crippen LogP contribution in [0.25, 0.3) is 0 Å². The first kappa shape index (κ1) is 14.0. The van der Waals surface area contributed by atoms with E-state index in [1.165, 1.54) is 11.8 Å². The van der Waals surface area contributed by atoms with Crippen molar-refractivity contribution >= 4 is 23.1 Å². The summed E-state index contributed by atoms with van der Waals surface area (Å²) >= 11 is 0. The Morgan fingerprint density at radius 1 is 1.22 bits per heavy atom. The minimum absolute atomic E-state index is 0.00120. The number of hydrogen-bond donors (Lipinski definition) is 1. The molecule has 0 saturated heterocycles. The van der Waals surface area contributed by atoms with Gasteiger partial charge in [0.15, 0.2) is 5.78 Å². The zero-order chi connectivity index (χ0) is 13.9. The Morgan fingerprint density at radius 2 is 1.83 bits per heavy atom. The fourth-order valence-electron chi connectivity index (χ4n) is 1.52. The van der Waals surface area contributed by atoms with E-state index in [-0.39, 0.29) is 18.2 Å². The van der Waals surface area contributed by atoms with Gasteiger partial charge in [0.2, 0.25) is 5.91 Å². The third-order valence-corrected chi connectivity index (χ3v) is 2.73. The molecule has 5 nitrogen and oxygen atoms in total. The third-order valence-electron chi connectivity index (χ3n) is 2.73. The summed E-state index contributed by atoms with van der Waals surface area (Å²) in [5.41, 5.74) is 7.46. The van der Waals surface area contributed by atoms with Crippen LogP contribution >= 0.6 is 0 Å². The van der Waals surface area contributed by atoms with E-state index in [0.717, 1.165) is 5.69 Å². The molecule has 1 rings (SSSR count). The molecule has 0 unspecified atom stereocenters. The van der Waals surface area contributed by atoms with Crippen LogP contribution in [0.2, 0.25) is 0 Å². The molecule has 1 aromatic rings. The Hall–Kier alpha value is -2.04. The largest absolute Gasteiger partial charge is 0.398 e. The summed E-state index contributed by atoms with van der Waals surface area (Å²) in [5.74, 6) is -0.0830. The normalized spacial score (nSPS) is 10.0. The molecule has 1 amide bonds. The topological polar surface area (TPSA) is 66.6 Å². The zero-order valence-electron chi connectivity index (χ0n) is 11.2. The fourth-order valence-corrected chi connectivity index (χ4v) is 1.52. The number of carbonyl (C=O) groups is 2. The molecule has 0 saturated carbocycles. The number of benzene rings is 1. The lowest BCUT2D eigenvalue weighted by Crippen LogP contribution is -2.34. The Balaban J connectivity index is 2.93. The first-order valence-electron chi connectivity index (χ1n) is 5.64. The van der Waals surface area contributed by atoms with Gasteiger partial charge in [0, 0.05) is 38.1 Å². The van der Waals surface area contributed by atoms with Gasteiger partial charge in [0.05, 0.1) is 6.54 Å². The molecule has 0 aliphatic rings. The Labute approximate surface area is 107 Å². The number of likely N-dealkylation sites (N-methyl/N-ethyl adjacent to an activating group) is 2. The van der Waals surface area contributed by atoms with Crippen molar-refractivity contribution in [3.05, 3.63) is 23.8 Å². The number of hydrogen-bond acceptors (Lipinski definition) is 4. The van der Waals surface area contributed by atoms with Crippen LogP contribution in [-0.2, 0) is 4.79 Å². The second-order valence-corrected chi connectivity index (χ2v) is 4.47. The van der Waals surface area contributed by atoms with Crippen molar-refractivity contribution in [2.24, 2.45) is 0 Å². The molecule has 5 heteroatoms. The number of Topliss-reactive ketones (excluding diaryl/α,β-unsaturated/α-hetero) is 1. The van der Waals surface area contributed by atoms with Crippen LogP contribution < -0.4 is 10.6 Å². The van der Waals surface area contributed by atoms with Crippen molar-refractivity contribution in [2.45, 2.75) is 6.92 Å². The molecule has 0 aliphatic carbocycles. The summed E-state index contributed by atoms with van der Waals surface area (Å²) in [5, 5.41) is 0. The number of carbonyl (C=O) groups excluding carboxylic acids is 2. The SMILES string of the molecule is CC(=O)c1cc(N(C)CC(=O)N(C)C)ccc1N. The number of amides is 1. The van der Waals surface area contributed by atoms with Gasteiger partial charge in [-0.05, 0) is 25.1 Å². The van der Waals surface area contributed by atoms with Crippen LogP contribution in [0.15, 0.2) is 18.2 Å². The maximum Gasteiger partial charge on any atom is 0.241 e. The van der Waals surface area contributed by atoms with Crippen molar-refractivity contribution in [2.75, 3.05) is 38.3 Å². The van der Waals surface area contributed by atoms with Gasteiger partial charge < -0.3 is 15.5 Å².